The average molecular weight is 400 g/mol. The van der Waals surface area contributed by atoms with E-state index in [9.17, 15) is 0 Å². The smallest absolute Gasteiger partial charge is 0.226 e. The van der Waals surface area contributed by atoms with Crippen LogP contribution < -0.4 is 10.6 Å². The molecule has 0 aliphatic heterocycles. The van der Waals surface area contributed by atoms with Gasteiger partial charge in [0.2, 0.25) is 5.89 Å². The minimum atomic E-state index is 0.521. The molecular weight excluding hydrogens is 376 g/mol. The lowest BCUT2D eigenvalue weighted by molar-refractivity contribution is 0.572. The molecule has 0 aliphatic carbocycles. The fourth-order valence-corrected chi connectivity index (χ4v) is 2.99. The molecule has 2 N–H and O–H groups in total. The van der Waals surface area contributed by atoms with E-state index < -0.39 is 0 Å². The summed E-state index contributed by atoms with van der Waals surface area (Å²) in [7, 11) is 1.75. The third-order valence-corrected chi connectivity index (χ3v) is 4.68. The molecule has 0 atom stereocenters. The van der Waals surface area contributed by atoms with Crippen molar-refractivity contribution in [2.75, 3.05) is 7.05 Å². The van der Waals surface area contributed by atoms with Crippen molar-refractivity contribution in [3.8, 4) is 17.1 Å². The molecule has 0 spiro atoms. The van der Waals surface area contributed by atoms with Crippen molar-refractivity contribution in [2.45, 2.75) is 20.0 Å². The van der Waals surface area contributed by atoms with Crippen LogP contribution in [0.2, 0.25) is 0 Å². The fraction of sp³-hybridized carbons (Fsp3) is 0.174. The van der Waals surface area contributed by atoms with E-state index in [1.165, 1.54) is 5.56 Å². The lowest BCUT2D eigenvalue weighted by Crippen LogP contribution is -2.36. The van der Waals surface area contributed by atoms with Gasteiger partial charge in [0.15, 0.2) is 5.96 Å². The third kappa shape index (κ3) is 4.75. The molecule has 7 heteroatoms. The van der Waals surface area contributed by atoms with Gasteiger partial charge in [-0.2, -0.15) is 5.10 Å². The van der Waals surface area contributed by atoms with Crippen LogP contribution in [-0.2, 0) is 13.1 Å². The second kappa shape index (κ2) is 9.09. The Morgan fingerprint density at radius 2 is 1.80 bits per heavy atom. The molecule has 4 rings (SSSR count). The molecule has 152 valence electrons. The second-order valence-corrected chi connectivity index (χ2v) is 6.91. The monoisotopic (exact) mass is 400 g/mol. The van der Waals surface area contributed by atoms with Crippen molar-refractivity contribution in [2.24, 2.45) is 4.99 Å². The van der Waals surface area contributed by atoms with Gasteiger partial charge in [-0.1, -0.05) is 29.8 Å². The molecule has 2 aromatic carbocycles. The minimum absolute atomic E-state index is 0.521. The number of aliphatic imine (C=N–C) groups is 1. The van der Waals surface area contributed by atoms with E-state index in [1.54, 1.807) is 19.5 Å². The van der Waals surface area contributed by atoms with Gasteiger partial charge in [-0.05, 0) is 42.8 Å². The van der Waals surface area contributed by atoms with Crippen LogP contribution in [0.15, 0.2) is 82.7 Å². The van der Waals surface area contributed by atoms with Crippen LogP contribution in [0.25, 0.3) is 17.1 Å². The molecule has 0 fully saturated rings. The van der Waals surface area contributed by atoms with Crippen molar-refractivity contribution in [3.63, 3.8) is 0 Å². The molecule has 2 aromatic heterocycles. The topological polar surface area (TPSA) is 80.3 Å². The predicted octanol–water partition coefficient (Wildman–Crippen LogP) is 3.70. The van der Waals surface area contributed by atoms with Gasteiger partial charge in [-0.15, -0.1) is 0 Å². The summed E-state index contributed by atoms with van der Waals surface area (Å²) < 4.78 is 7.44. The highest BCUT2D eigenvalue weighted by Gasteiger charge is 2.07. The second-order valence-electron chi connectivity index (χ2n) is 6.91. The first kappa shape index (κ1) is 19.4. The van der Waals surface area contributed by atoms with Gasteiger partial charge in [-0.25, -0.2) is 9.67 Å². The van der Waals surface area contributed by atoms with E-state index in [0.717, 1.165) is 22.5 Å². The van der Waals surface area contributed by atoms with Crippen molar-refractivity contribution in [3.05, 3.63) is 90.1 Å². The zero-order valence-electron chi connectivity index (χ0n) is 17.0. The van der Waals surface area contributed by atoms with Crippen molar-refractivity contribution >= 4 is 5.96 Å². The molecule has 0 bridgehead atoms. The molecule has 4 aromatic rings. The first-order valence-electron chi connectivity index (χ1n) is 9.76. The Morgan fingerprint density at radius 1 is 1.03 bits per heavy atom. The number of aryl methyl sites for hydroxylation is 1. The van der Waals surface area contributed by atoms with Gasteiger partial charge in [0.1, 0.15) is 6.26 Å². The number of oxazole rings is 1. The van der Waals surface area contributed by atoms with Crippen LogP contribution in [0.5, 0.6) is 0 Å². The van der Waals surface area contributed by atoms with Crippen molar-refractivity contribution in [1.29, 1.82) is 0 Å². The molecule has 0 amide bonds. The number of rotatable bonds is 6. The zero-order valence-corrected chi connectivity index (χ0v) is 17.0. The Morgan fingerprint density at radius 3 is 2.50 bits per heavy atom. The van der Waals surface area contributed by atoms with Gasteiger partial charge in [0.05, 0.1) is 17.9 Å². The highest BCUT2D eigenvalue weighted by Crippen LogP contribution is 2.19. The van der Waals surface area contributed by atoms with Crippen molar-refractivity contribution < 1.29 is 4.42 Å². The predicted molar refractivity (Wildman–Crippen MR) is 117 cm³/mol. The number of nitrogens with zero attached hydrogens (tertiary/aromatic N) is 4. The van der Waals surface area contributed by atoms with E-state index in [1.807, 2.05) is 53.3 Å². The molecule has 2 heterocycles. The number of guanidine groups is 1. The summed E-state index contributed by atoms with van der Waals surface area (Å²) in [5, 5.41) is 10.8. The van der Waals surface area contributed by atoms with Gasteiger partial charge in [0.25, 0.3) is 0 Å². The van der Waals surface area contributed by atoms with Crippen LogP contribution >= 0.6 is 0 Å². The van der Waals surface area contributed by atoms with Crippen LogP contribution in [0.3, 0.4) is 0 Å². The maximum atomic E-state index is 5.61. The van der Waals surface area contributed by atoms with Crippen LogP contribution in [0, 0.1) is 6.92 Å². The zero-order chi connectivity index (χ0) is 20.8. The van der Waals surface area contributed by atoms with E-state index in [-0.39, 0.29) is 0 Å². The fourth-order valence-electron chi connectivity index (χ4n) is 2.99. The van der Waals surface area contributed by atoms with Gasteiger partial charge < -0.3 is 15.1 Å². The summed E-state index contributed by atoms with van der Waals surface area (Å²) in [6.07, 6.45) is 5.36. The van der Waals surface area contributed by atoms with E-state index in [4.69, 9.17) is 4.42 Å². The Balaban J connectivity index is 1.29. The summed E-state index contributed by atoms with van der Waals surface area (Å²) >= 11 is 0. The first-order chi connectivity index (χ1) is 14.7. The SMILES string of the molecule is CN=C(NCc1ccc(-n2cccn2)cc1)NCc1coc(-c2ccc(C)cc2)n1. The van der Waals surface area contributed by atoms with Gasteiger partial charge >= 0.3 is 0 Å². The highest BCUT2D eigenvalue weighted by molar-refractivity contribution is 5.79. The molecule has 0 aliphatic rings. The summed E-state index contributed by atoms with van der Waals surface area (Å²) in [6.45, 7) is 3.24. The third-order valence-electron chi connectivity index (χ3n) is 4.68. The molecular formula is C23H24N6O. The summed E-state index contributed by atoms with van der Waals surface area (Å²) in [6, 6.07) is 18.3. The number of hydrogen-bond acceptors (Lipinski definition) is 4. The quantitative estimate of drug-likeness (QED) is 0.381. The Bertz CT molecular complexity index is 1100. The lowest BCUT2D eigenvalue weighted by atomic mass is 10.1. The van der Waals surface area contributed by atoms with Crippen LogP contribution in [-0.4, -0.2) is 27.8 Å². The highest BCUT2D eigenvalue weighted by atomic mass is 16.3. The molecule has 0 saturated heterocycles. The van der Waals surface area contributed by atoms with E-state index in [2.05, 4.69) is 44.8 Å². The van der Waals surface area contributed by atoms with Gasteiger partial charge in [-0.3, -0.25) is 4.99 Å². The largest absolute Gasteiger partial charge is 0.444 e. The molecule has 0 radical (unpaired) electrons. The molecule has 0 unspecified atom stereocenters. The maximum absolute atomic E-state index is 5.61. The Labute approximate surface area is 175 Å². The Kier molecular flexibility index (Phi) is 5.89. The maximum Gasteiger partial charge on any atom is 0.226 e. The summed E-state index contributed by atoms with van der Waals surface area (Å²) in [5.74, 6) is 1.32. The lowest BCUT2D eigenvalue weighted by Gasteiger charge is -2.11. The number of aromatic nitrogens is 3. The number of hydrogen-bond donors (Lipinski definition) is 2. The molecule has 0 saturated carbocycles. The first-order valence-corrected chi connectivity index (χ1v) is 9.76. The number of benzene rings is 2. The molecule has 30 heavy (non-hydrogen) atoms. The standard InChI is InChI=1S/C23H24N6O/c1-17-4-8-19(9-5-17)22-28-20(16-30-22)15-26-23(24-2)25-14-18-6-10-21(11-7-18)29-13-3-12-27-29/h3-13,16H,14-15H2,1-2H3,(H2,24,25,26). The van der Waals surface area contributed by atoms with E-state index in [0.29, 0.717) is 24.9 Å². The average Bonchev–Trinajstić information content (AvgIpc) is 3.47. The normalized spacial score (nSPS) is 11.5. The van der Waals surface area contributed by atoms with Crippen LogP contribution in [0.4, 0.5) is 0 Å². The number of nitrogens with one attached hydrogen (secondary N) is 2. The van der Waals surface area contributed by atoms with Crippen LogP contribution in [0.1, 0.15) is 16.8 Å². The van der Waals surface area contributed by atoms with E-state index >= 15 is 0 Å². The molecule has 7 nitrogen and oxygen atoms in total. The van der Waals surface area contributed by atoms with Gasteiger partial charge in [0, 0.05) is 31.5 Å². The Hall–Kier alpha value is -3.87. The summed E-state index contributed by atoms with van der Waals surface area (Å²) in [4.78, 5) is 8.82. The summed E-state index contributed by atoms with van der Waals surface area (Å²) in [5.41, 5.74) is 5.17. The van der Waals surface area contributed by atoms with Crippen molar-refractivity contribution in [1.82, 2.24) is 25.4 Å². The minimum Gasteiger partial charge on any atom is -0.444 e.